The Balaban J connectivity index is 1.79. The second kappa shape index (κ2) is 4.31. The predicted molar refractivity (Wildman–Crippen MR) is 61.8 cm³/mol. The molecule has 4 atom stereocenters. The van der Waals surface area contributed by atoms with Crippen molar-refractivity contribution in [1.29, 1.82) is 0 Å². The standard InChI is InChI=1S/C13H17NO5/c1-18-6-2-5-14-7-13-4-3-8(19-13)9(12(16)17)10(13)11(14)15/h3-4,8-10H,2,5-7H2,1H3,(H,16,17)/p-1/t8-,9-,10+,13+/m0/s1. The SMILES string of the molecule is COCCCN1C[C@@]23C=C[C@H](O2)[C@H](C(=O)[O-])[C@@H]3C1=O. The van der Waals surface area contributed by atoms with Gasteiger partial charge in [-0.2, -0.15) is 0 Å². The highest BCUT2D eigenvalue weighted by atomic mass is 16.5. The average Bonchev–Trinajstić information content (AvgIpc) is 2.99. The Bertz CT molecular complexity index is 448. The Morgan fingerprint density at radius 1 is 1.68 bits per heavy atom. The lowest BCUT2D eigenvalue weighted by atomic mass is 9.77. The molecule has 0 aromatic rings. The lowest BCUT2D eigenvalue weighted by Gasteiger charge is -2.24. The van der Waals surface area contributed by atoms with Crippen LogP contribution in [0, 0.1) is 11.8 Å². The van der Waals surface area contributed by atoms with E-state index in [0.717, 1.165) is 6.42 Å². The Morgan fingerprint density at radius 3 is 3.16 bits per heavy atom. The van der Waals surface area contributed by atoms with Crippen LogP contribution in [-0.2, 0) is 19.1 Å². The number of ether oxygens (including phenoxy) is 2. The van der Waals surface area contributed by atoms with Crippen LogP contribution in [0.3, 0.4) is 0 Å². The van der Waals surface area contributed by atoms with Gasteiger partial charge in [-0.25, -0.2) is 0 Å². The van der Waals surface area contributed by atoms with Gasteiger partial charge < -0.3 is 24.3 Å². The topological polar surface area (TPSA) is 78.9 Å². The highest BCUT2D eigenvalue weighted by Gasteiger charge is 2.65. The number of likely N-dealkylation sites (tertiary alicyclic amines) is 1. The molecule has 19 heavy (non-hydrogen) atoms. The van der Waals surface area contributed by atoms with Gasteiger partial charge in [-0.15, -0.1) is 0 Å². The number of amides is 1. The van der Waals surface area contributed by atoms with Gasteiger partial charge in [-0.1, -0.05) is 12.2 Å². The number of methoxy groups -OCH3 is 1. The summed E-state index contributed by atoms with van der Waals surface area (Å²) in [6, 6.07) is 0. The zero-order valence-corrected chi connectivity index (χ0v) is 10.7. The predicted octanol–water partition coefficient (Wildman–Crippen LogP) is -1.45. The van der Waals surface area contributed by atoms with E-state index in [1.165, 1.54) is 0 Å². The van der Waals surface area contributed by atoms with Crippen molar-refractivity contribution in [2.24, 2.45) is 11.8 Å². The molecular formula is C13H16NO5-. The van der Waals surface area contributed by atoms with Gasteiger partial charge in [0, 0.05) is 32.1 Å². The maximum absolute atomic E-state index is 12.4. The molecule has 0 aliphatic carbocycles. The number of hydrogen-bond acceptors (Lipinski definition) is 5. The van der Waals surface area contributed by atoms with E-state index in [9.17, 15) is 14.7 Å². The minimum Gasteiger partial charge on any atom is -0.550 e. The number of carboxylic acids is 1. The third-order valence-electron chi connectivity index (χ3n) is 4.23. The Labute approximate surface area is 111 Å². The number of nitrogens with zero attached hydrogens (tertiary/aromatic N) is 1. The lowest BCUT2D eigenvalue weighted by Crippen LogP contribution is -2.45. The fourth-order valence-corrected chi connectivity index (χ4v) is 3.44. The number of aliphatic carboxylic acids is 1. The van der Waals surface area contributed by atoms with Gasteiger partial charge in [0.05, 0.1) is 18.6 Å². The quantitative estimate of drug-likeness (QED) is 0.449. The molecule has 3 heterocycles. The summed E-state index contributed by atoms with van der Waals surface area (Å²) in [5, 5.41) is 11.2. The Morgan fingerprint density at radius 2 is 2.47 bits per heavy atom. The molecule has 0 saturated carbocycles. The number of rotatable bonds is 5. The number of carboxylic acid groups (broad SMARTS) is 1. The minimum atomic E-state index is -1.20. The number of carbonyl (C=O) groups excluding carboxylic acids is 2. The van der Waals surface area contributed by atoms with Crippen molar-refractivity contribution >= 4 is 11.9 Å². The molecule has 0 aromatic heterocycles. The van der Waals surface area contributed by atoms with Crippen molar-refractivity contribution in [1.82, 2.24) is 4.90 Å². The van der Waals surface area contributed by atoms with Crippen LogP contribution in [0.5, 0.6) is 0 Å². The summed E-state index contributed by atoms with van der Waals surface area (Å²) < 4.78 is 10.7. The summed E-state index contributed by atoms with van der Waals surface area (Å²) in [7, 11) is 1.61. The molecule has 2 saturated heterocycles. The third kappa shape index (κ3) is 1.70. The lowest BCUT2D eigenvalue weighted by molar-refractivity contribution is -0.313. The molecule has 0 unspecified atom stereocenters. The van der Waals surface area contributed by atoms with Crippen molar-refractivity contribution in [3.8, 4) is 0 Å². The molecule has 1 amide bonds. The van der Waals surface area contributed by atoms with E-state index < -0.39 is 29.5 Å². The molecule has 6 heteroatoms. The van der Waals surface area contributed by atoms with E-state index in [-0.39, 0.29) is 5.91 Å². The third-order valence-corrected chi connectivity index (χ3v) is 4.23. The maximum atomic E-state index is 12.4. The van der Waals surface area contributed by atoms with Crippen LogP contribution in [0.25, 0.3) is 0 Å². The van der Waals surface area contributed by atoms with Crippen molar-refractivity contribution in [3.63, 3.8) is 0 Å². The molecule has 6 nitrogen and oxygen atoms in total. The molecular weight excluding hydrogens is 250 g/mol. The van der Waals surface area contributed by atoms with E-state index >= 15 is 0 Å². The van der Waals surface area contributed by atoms with Crippen LogP contribution in [0.4, 0.5) is 0 Å². The fraction of sp³-hybridized carbons (Fsp3) is 0.692. The fourth-order valence-electron chi connectivity index (χ4n) is 3.44. The molecule has 3 aliphatic rings. The monoisotopic (exact) mass is 266 g/mol. The van der Waals surface area contributed by atoms with Gasteiger partial charge in [0.25, 0.3) is 0 Å². The van der Waals surface area contributed by atoms with Crippen LogP contribution in [0.1, 0.15) is 6.42 Å². The van der Waals surface area contributed by atoms with E-state index in [4.69, 9.17) is 9.47 Å². The zero-order valence-electron chi connectivity index (χ0n) is 10.7. The van der Waals surface area contributed by atoms with Crippen LogP contribution in [-0.4, -0.2) is 55.3 Å². The molecule has 3 rings (SSSR count). The van der Waals surface area contributed by atoms with E-state index in [2.05, 4.69) is 0 Å². The van der Waals surface area contributed by atoms with E-state index in [1.807, 2.05) is 6.08 Å². The van der Waals surface area contributed by atoms with Gasteiger partial charge in [0.2, 0.25) is 5.91 Å². The van der Waals surface area contributed by atoms with Crippen molar-refractivity contribution in [2.75, 3.05) is 26.8 Å². The first kappa shape index (κ1) is 12.6. The van der Waals surface area contributed by atoms with Crippen LogP contribution < -0.4 is 5.11 Å². The highest BCUT2D eigenvalue weighted by Crippen LogP contribution is 2.51. The van der Waals surface area contributed by atoms with Crippen molar-refractivity contribution in [2.45, 2.75) is 18.1 Å². The first-order valence-corrected chi connectivity index (χ1v) is 6.45. The van der Waals surface area contributed by atoms with E-state index in [1.54, 1.807) is 18.1 Å². The maximum Gasteiger partial charge on any atom is 0.229 e. The summed E-state index contributed by atoms with van der Waals surface area (Å²) in [4.78, 5) is 25.3. The van der Waals surface area contributed by atoms with Crippen molar-refractivity contribution < 1.29 is 24.2 Å². The molecule has 3 aliphatic heterocycles. The average molecular weight is 266 g/mol. The first-order chi connectivity index (χ1) is 9.09. The smallest absolute Gasteiger partial charge is 0.229 e. The van der Waals surface area contributed by atoms with Crippen molar-refractivity contribution in [3.05, 3.63) is 12.2 Å². The normalized spacial score (nSPS) is 39.1. The van der Waals surface area contributed by atoms with Crippen LogP contribution >= 0.6 is 0 Å². The Hall–Kier alpha value is -1.40. The van der Waals surface area contributed by atoms with E-state index in [0.29, 0.717) is 19.7 Å². The zero-order chi connectivity index (χ0) is 13.6. The number of carbonyl (C=O) groups is 2. The van der Waals surface area contributed by atoms with Crippen LogP contribution in [0.15, 0.2) is 12.2 Å². The summed E-state index contributed by atoms with van der Waals surface area (Å²) in [6.07, 6.45) is 3.80. The molecule has 2 fully saturated rings. The molecule has 0 aromatic carbocycles. The minimum absolute atomic E-state index is 0.142. The van der Waals surface area contributed by atoms with Gasteiger partial charge in [0.15, 0.2) is 0 Å². The molecule has 0 radical (unpaired) electrons. The van der Waals surface area contributed by atoms with Gasteiger partial charge in [-0.05, 0) is 6.42 Å². The number of hydrogen-bond donors (Lipinski definition) is 0. The summed E-state index contributed by atoms with van der Waals surface area (Å²) in [5.41, 5.74) is -0.750. The van der Waals surface area contributed by atoms with Crippen LogP contribution in [0.2, 0.25) is 0 Å². The first-order valence-electron chi connectivity index (χ1n) is 6.45. The summed E-state index contributed by atoms with van der Waals surface area (Å²) in [5.74, 6) is -2.83. The van der Waals surface area contributed by atoms with Gasteiger partial charge >= 0.3 is 0 Å². The summed E-state index contributed by atoms with van der Waals surface area (Å²) >= 11 is 0. The molecule has 104 valence electrons. The Kier molecular flexibility index (Phi) is 2.87. The highest BCUT2D eigenvalue weighted by molar-refractivity contribution is 5.90. The van der Waals surface area contributed by atoms with Gasteiger partial charge in [0.1, 0.15) is 5.60 Å². The summed E-state index contributed by atoms with van der Waals surface area (Å²) in [6.45, 7) is 1.56. The molecule has 1 spiro atoms. The van der Waals surface area contributed by atoms with Gasteiger partial charge in [-0.3, -0.25) is 4.79 Å². The second-order valence-electron chi connectivity index (χ2n) is 5.33. The number of fused-ring (bicyclic) bond motifs is 1. The largest absolute Gasteiger partial charge is 0.550 e. The second-order valence-corrected chi connectivity index (χ2v) is 5.33. The molecule has 2 bridgehead atoms. The molecule has 0 N–H and O–H groups in total.